The SMILES string of the molecule is C1=NCNN1Cc1cccc(Nc2ncc3cc(C4CC4)c(OC4CCNC4)cc3n2)c1. The van der Waals surface area contributed by atoms with E-state index in [1.165, 1.54) is 24.0 Å². The van der Waals surface area contributed by atoms with E-state index in [0.29, 0.717) is 18.5 Å². The number of anilines is 2. The van der Waals surface area contributed by atoms with Gasteiger partial charge in [0.1, 0.15) is 24.9 Å². The van der Waals surface area contributed by atoms with Gasteiger partial charge in [0.2, 0.25) is 5.95 Å². The second kappa shape index (κ2) is 8.37. The summed E-state index contributed by atoms with van der Waals surface area (Å²) in [6.45, 7) is 3.31. The first-order valence-corrected chi connectivity index (χ1v) is 11.3. The number of rotatable bonds is 7. The Hall–Kier alpha value is -3.23. The third-order valence-corrected chi connectivity index (χ3v) is 6.16. The summed E-state index contributed by atoms with van der Waals surface area (Å²) in [6, 6.07) is 12.6. The van der Waals surface area contributed by atoms with E-state index in [0.717, 1.165) is 48.4 Å². The monoisotopic (exact) mass is 429 g/mol. The molecule has 2 aliphatic heterocycles. The lowest BCUT2D eigenvalue weighted by atomic mass is 10.1. The van der Waals surface area contributed by atoms with Gasteiger partial charge < -0.3 is 15.4 Å². The second-order valence-corrected chi connectivity index (χ2v) is 8.72. The van der Waals surface area contributed by atoms with Crippen LogP contribution in [0.4, 0.5) is 11.6 Å². The smallest absolute Gasteiger partial charge is 0.227 e. The maximum Gasteiger partial charge on any atom is 0.227 e. The molecule has 3 aromatic rings. The van der Waals surface area contributed by atoms with Gasteiger partial charge in [0, 0.05) is 29.9 Å². The number of aromatic nitrogens is 2. The first kappa shape index (κ1) is 19.5. The third-order valence-electron chi connectivity index (χ3n) is 6.16. The van der Waals surface area contributed by atoms with Crippen LogP contribution in [0, 0.1) is 0 Å². The van der Waals surface area contributed by atoms with Crippen LogP contribution in [0.3, 0.4) is 0 Å². The van der Waals surface area contributed by atoms with E-state index in [9.17, 15) is 0 Å². The topological polar surface area (TPSA) is 86.7 Å². The highest BCUT2D eigenvalue weighted by Crippen LogP contribution is 2.46. The van der Waals surface area contributed by atoms with E-state index in [-0.39, 0.29) is 6.10 Å². The van der Waals surface area contributed by atoms with Crippen molar-refractivity contribution in [3.8, 4) is 5.75 Å². The minimum Gasteiger partial charge on any atom is -0.489 e. The number of fused-ring (bicyclic) bond motifs is 1. The summed E-state index contributed by atoms with van der Waals surface area (Å²) in [6.07, 6.45) is 7.49. The van der Waals surface area contributed by atoms with Crippen molar-refractivity contribution in [1.29, 1.82) is 0 Å². The van der Waals surface area contributed by atoms with Crippen molar-refractivity contribution in [3.05, 3.63) is 53.7 Å². The zero-order chi connectivity index (χ0) is 21.3. The molecule has 3 heterocycles. The summed E-state index contributed by atoms with van der Waals surface area (Å²) in [5, 5.41) is 9.78. The normalized spacial score (nSPS) is 20.2. The maximum atomic E-state index is 6.39. The number of hydrazine groups is 1. The number of nitrogens with zero attached hydrogens (tertiary/aromatic N) is 4. The van der Waals surface area contributed by atoms with Gasteiger partial charge in [0.15, 0.2) is 0 Å². The average Bonchev–Trinajstić information content (AvgIpc) is 3.26. The van der Waals surface area contributed by atoms with Gasteiger partial charge >= 0.3 is 0 Å². The van der Waals surface area contributed by atoms with Crippen LogP contribution in [0.1, 0.15) is 36.3 Å². The predicted octanol–water partition coefficient (Wildman–Crippen LogP) is 3.30. The van der Waals surface area contributed by atoms with Gasteiger partial charge in [-0.1, -0.05) is 12.1 Å². The summed E-state index contributed by atoms with van der Waals surface area (Å²) < 4.78 is 6.39. The molecule has 0 bridgehead atoms. The fraction of sp³-hybridized carbons (Fsp3) is 0.375. The minimum absolute atomic E-state index is 0.238. The van der Waals surface area contributed by atoms with E-state index < -0.39 is 0 Å². The van der Waals surface area contributed by atoms with Crippen LogP contribution in [0.5, 0.6) is 5.75 Å². The van der Waals surface area contributed by atoms with Crippen molar-refractivity contribution in [1.82, 2.24) is 25.7 Å². The summed E-state index contributed by atoms with van der Waals surface area (Å²) in [4.78, 5) is 13.6. The molecule has 2 aromatic carbocycles. The fourth-order valence-corrected chi connectivity index (χ4v) is 4.34. The van der Waals surface area contributed by atoms with Gasteiger partial charge in [-0.25, -0.2) is 15.4 Å². The second-order valence-electron chi connectivity index (χ2n) is 8.72. The van der Waals surface area contributed by atoms with Crippen molar-refractivity contribution < 1.29 is 4.74 Å². The molecular formula is C24H27N7O. The van der Waals surface area contributed by atoms with E-state index >= 15 is 0 Å². The third kappa shape index (κ3) is 4.24. The van der Waals surface area contributed by atoms with Crippen LogP contribution in [0.2, 0.25) is 0 Å². The lowest BCUT2D eigenvalue weighted by Gasteiger charge is -2.17. The summed E-state index contributed by atoms with van der Waals surface area (Å²) >= 11 is 0. The van der Waals surface area contributed by atoms with Crippen molar-refractivity contribution in [2.75, 3.05) is 25.1 Å². The molecule has 1 atom stereocenters. The Labute approximate surface area is 187 Å². The molecule has 1 aliphatic carbocycles. The van der Waals surface area contributed by atoms with Crippen LogP contribution in [-0.4, -0.2) is 47.2 Å². The van der Waals surface area contributed by atoms with Gasteiger partial charge in [-0.3, -0.25) is 10.0 Å². The number of hydrogen-bond donors (Lipinski definition) is 3. The summed E-state index contributed by atoms with van der Waals surface area (Å²) in [7, 11) is 0. The number of ether oxygens (including phenoxy) is 1. The molecule has 6 rings (SSSR count). The van der Waals surface area contributed by atoms with E-state index in [1.54, 1.807) is 0 Å². The predicted molar refractivity (Wildman–Crippen MR) is 125 cm³/mol. The minimum atomic E-state index is 0.238. The zero-order valence-electron chi connectivity index (χ0n) is 17.9. The summed E-state index contributed by atoms with van der Waals surface area (Å²) in [5.74, 6) is 2.18. The molecule has 1 saturated heterocycles. The standard InChI is InChI=1S/C24H27N7O/c1-2-16(13-31-15-26-14-28-31)8-19(3-1)29-24-27-11-18-9-21(17-4-5-17)23(10-22(18)30-24)32-20-6-7-25-12-20/h1-3,8-11,15,17,20,25,28H,4-7,12-14H2,(H,27,29,30). The molecule has 3 aliphatic rings. The van der Waals surface area contributed by atoms with Crippen LogP contribution in [0.25, 0.3) is 10.9 Å². The Bertz CT molecular complexity index is 1150. The number of hydrogen-bond acceptors (Lipinski definition) is 8. The molecule has 0 amide bonds. The zero-order valence-corrected chi connectivity index (χ0v) is 17.9. The van der Waals surface area contributed by atoms with Crippen molar-refractivity contribution in [3.63, 3.8) is 0 Å². The Morgan fingerprint density at radius 1 is 1.16 bits per heavy atom. The first-order valence-electron chi connectivity index (χ1n) is 11.3. The van der Waals surface area contributed by atoms with Crippen LogP contribution < -0.4 is 20.8 Å². The molecule has 3 N–H and O–H groups in total. The van der Waals surface area contributed by atoms with Crippen LogP contribution in [-0.2, 0) is 6.54 Å². The molecule has 8 nitrogen and oxygen atoms in total. The number of benzene rings is 2. The van der Waals surface area contributed by atoms with Crippen LogP contribution >= 0.6 is 0 Å². The van der Waals surface area contributed by atoms with E-state index in [1.807, 2.05) is 29.7 Å². The van der Waals surface area contributed by atoms with Crippen molar-refractivity contribution in [2.24, 2.45) is 4.99 Å². The molecule has 0 spiro atoms. The molecule has 2 fully saturated rings. The lowest BCUT2D eigenvalue weighted by Crippen LogP contribution is -2.30. The van der Waals surface area contributed by atoms with Crippen molar-refractivity contribution in [2.45, 2.75) is 37.8 Å². The summed E-state index contributed by atoms with van der Waals surface area (Å²) in [5.41, 5.74) is 7.53. The lowest BCUT2D eigenvalue weighted by molar-refractivity contribution is 0.221. The van der Waals surface area contributed by atoms with Gasteiger partial charge in [-0.2, -0.15) is 0 Å². The van der Waals surface area contributed by atoms with Gasteiger partial charge in [0.05, 0.1) is 12.1 Å². The molecule has 32 heavy (non-hydrogen) atoms. The number of nitrogens with one attached hydrogen (secondary N) is 3. The largest absolute Gasteiger partial charge is 0.489 e. The molecule has 8 heteroatoms. The molecule has 1 aromatic heterocycles. The van der Waals surface area contributed by atoms with Gasteiger partial charge in [-0.05, 0) is 61.1 Å². The molecule has 1 unspecified atom stereocenters. The molecule has 0 radical (unpaired) electrons. The maximum absolute atomic E-state index is 6.39. The highest BCUT2D eigenvalue weighted by Gasteiger charge is 2.29. The Morgan fingerprint density at radius 3 is 2.94 bits per heavy atom. The van der Waals surface area contributed by atoms with Gasteiger partial charge in [0.25, 0.3) is 0 Å². The highest BCUT2D eigenvalue weighted by atomic mass is 16.5. The number of aliphatic imine (C=N–C) groups is 1. The Morgan fingerprint density at radius 2 is 2.12 bits per heavy atom. The molecule has 1 saturated carbocycles. The van der Waals surface area contributed by atoms with Gasteiger partial charge in [-0.15, -0.1) is 0 Å². The average molecular weight is 430 g/mol. The molecule has 164 valence electrons. The fourth-order valence-electron chi connectivity index (χ4n) is 4.34. The Kier molecular flexibility index (Phi) is 5.09. The first-order chi connectivity index (χ1) is 15.8. The highest BCUT2D eigenvalue weighted by molar-refractivity contribution is 5.82. The van der Waals surface area contributed by atoms with Crippen LogP contribution in [0.15, 0.2) is 47.6 Å². The molecular weight excluding hydrogens is 402 g/mol. The quantitative estimate of drug-likeness (QED) is 0.531. The Balaban J connectivity index is 1.25. The van der Waals surface area contributed by atoms with E-state index in [2.05, 4.69) is 50.3 Å². The van der Waals surface area contributed by atoms with Crippen molar-refractivity contribution >= 4 is 28.9 Å². The van der Waals surface area contributed by atoms with E-state index in [4.69, 9.17) is 9.72 Å².